The van der Waals surface area contributed by atoms with E-state index in [1.807, 2.05) is 90.1 Å². The van der Waals surface area contributed by atoms with Gasteiger partial charge in [0, 0.05) is 18.5 Å². The predicted molar refractivity (Wildman–Crippen MR) is 140 cm³/mol. The largest absolute Gasteiger partial charge is 0.480 e. The maximum atomic E-state index is 13.0. The van der Waals surface area contributed by atoms with Crippen LogP contribution in [0.3, 0.4) is 0 Å². The normalized spacial score (nSPS) is 12.5. The van der Waals surface area contributed by atoms with Gasteiger partial charge >= 0.3 is 5.97 Å². The number of amides is 1. The van der Waals surface area contributed by atoms with Crippen LogP contribution in [0.5, 0.6) is 0 Å². The van der Waals surface area contributed by atoms with E-state index in [1.54, 1.807) is 4.80 Å². The molecule has 1 N–H and O–H groups in total. The first-order chi connectivity index (χ1) is 17.0. The van der Waals surface area contributed by atoms with Crippen LogP contribution in [0.15, 0.2) is 48.5 Å². The lowest BCUT2D eigenvalue weighted by Crippen LogP contribution is -2.47. The molecule has 0 aliphatic carbocycles. The van der Waals surface area contributed by atoms with Crippen molar-refractivity contribution in [3.63, 3.8) is 0 Å². The summed E-state index contributed by atoms with van der Waals surface area (Å²) < 4.78 is 0. The van der Waals surface area contributed by atoms with E-state index in [1.165, 1.54) is 4.90 Å². The van der Waals surface area contributed by atoms with E-state index in [0.29, 0.717) is 12.2 Å². The lowest BCUT2D eigenvalue weighted by Gasteiger charge is -2.32. The molecule has 0 spiro atoms. The molecule has 1 atom stereocenters. The van der Waals surface area contributed by atoms with Crippen LogP contribution in [-0.2, 0) is 21.7 Å². The number of unbranched alkanes of at least 4 members (excludes halogenated alkanes) is 1. The van der Waals surface area contributed by atoms with E-state index >= 15 is 0 Å². The molecule has 0 aliphatic heterocycles. The van der Waals surface area contributed by atoms with E-state index in [2.05, 4.69) is 15.4 Å². The Hall–Kier alpha value is -3.55. The van der Waals surface area contributed by atoms with Crippen molar-refractivity contribution >= 4 is 11.9 Å². The first-order valence-electron chi connectivity index (χ1n) is 12.5. The molecule has 2 aromatic carbocycles. The second-order valence-corrected chi connectivity index (χ2v) is 10.5. The van der Waals surface area contributed by atoms with E-state index in [4.69, 9.17) is 0 Å². The number of rotatable bonds is 10. The number of nitrogens with zero attached hydrogens (tertiary/aromatic N) is 5. The number of hydrogen-bond acceptors (Lipinski definition) is 5. The van der Waals surface area contributed by atoms with Gasteiger partial charge in [-0.2, -0.15) is 4.80 Å². The molecule has 8 heteroatoms. The van der Waals surface area contributed by atoms with Crippen LogP contribution < -0.4 is 0 Å². The van der Waals surface area contributed by atoms with Gasteiger partial charge in [-0.15, -0.1) is 10.2 Å². The Morgan fingerprint density at radius 3 is 2.19 bits per heavy atom. The molecule has 1 heterocycles. The van der Waals surface area contributed by atoms with Crippen molar-refractivity contribution < 1.29 is 14.7 Å². The first kappa shape index (κ1) is 27.0. The van der Waals surface area contributed by atoms with Crippen molar-refractivity contribution in [3.8, 4) is 22.5 Å². The highest BCUT2D eigenvalue weighted by Gasteiger charge is 2.32. The molecule has 3 rings (SSSR count). The molecule has 1 aromatic heterocycles. The van der Waals surface area contributed by atoms with Gasteiger partial charge in [0.05, 0.1) is 5.54 Å². The molecule has 36 heavy (non-hydrogen) atoms. The number of aromatic nitrogens is 4. The Balaban J connectivity index is 1.90. The summed E-state index contributed by atoms with van der Waals surface area (Å²) in [6, 6.07) is 14.9. The summed E-state index contributed by atoms with van der Waals surface area (Å²) in [6.07, 6.45) is 1.97. The van der Waals surface area contributed by atoms with Crippen LogP contribution in [0.2, 0.25) is 0 Å². The van der Waals surface area contributed by atoms with Gasteiger partial charge in [0.2, 0.25) is 11.7 Å². The second-order valence-electron chi connectivity index (χ2n) is 10.5. The zero-order chi connectivity index (χ0) is 26.5. The highest BCUT2D eigenvalue weighted by molar-refractivity contribution is 5.84. The van der Waals surface area contributed by atoms with Gasteiger partial charge in [0.25, 0.3) is 0 Å². The quantitative estimate of drug-likeness (QED) is 0.408. The zero-order valence-electron chi connectivity index (χ0n) is 22.1. The maximum absolute atomic E-state index is 13.0. The smallest absolute Gasteiger partial charge is 0.326 e. The fourth-order valence-electron chi connectivity index (χ4n) is 4.11. The monoisotopic (exact) mass is 491 g/mol. The molecule has 0 fully saturated rings. The van der Waals surface area contributed by atoms with Gasteiger partial charge in [0.15, 0.2) is 0 Å². The van der Waals surface area contributed by atoms with Gasteiger partial charge in [-0.1, -0.05) is 75.7 Å². The van der Waals surface area contributed by atoms with Gasteiger partial charge < -0.3 is 10.0 Å². The molecule has 0 radical (unpaired) electrons. The Labute approximate surface area is 213 Å². The number of tetrazole rings is 1. The highest BCUT2D eigenvalue weighted by Crippen LogP contribution is 2.31. The van der Waals surface area contributed by atoms with Crippen LogP contribution in [0.1, 0.15) is 66.4 Å². The summed E-state index contributed by atoms with van der Waals surface area (Å²) in [5.74, 6) is -0.747. The molecule has 1 unspecified atom stereocenters. The fraction of sp³-hybridized carbons (Fsp3) is 0.464. The molecule has 3 aromatic rings. The van der Waals surface area contributed by atoms with Crippen molar-refractivity contribution in [1.29, 1.82) is 0 Å². The van der Waals surface area contributed by atoms with Crippen molar-refractivity contribution in [1.82, 2.24) is 25.1 Å². The third-order valence-electron chi connectivity index (χ3n) is 6.08. The third-order valence-corrected chi connectivity index (χ3v) is 6.08. The average Bonchev–Trinajstić information content (AvgIpc) is 3.33. The minimum absolute atomic E-state index is 0.125. The van der Waals surface area contributed by atoms with Crippen LogP contribution in [0.25, 0.3) is 22.5 Å². The third kappa shape index (κ3) is 6.36. The van der Waals surface area contributed by atoms with Gasteiger partial charge in [-0.05, 0) is 55.0 Å². The molecule has 1 amide bonds. The van der Waals surface area contributed by atoms with Gasteiger partial charge in [-0.25, -0.2) is 4.79 Å². The first-order valence-corrected chi connectivity index (χ1v) is 12.5. The summed E-state index contributed by atoms with van der Waals surface area (Å²) in [4.78, 5) is 28.1. The Morgan fingerprint density at radius 2 is 1.67 bits per heavy atom. The number of carbonyl (C=O) groups excluding carboxylic acids is 1. The molecular formula is C28H37N5O3. The zero-order valence-corrected chi connectivity index (χ0v) is 22.1. The number of hydrogen-bond donors (Lipinski definition) is 1. The molecule has 192 valence electrons. The van der Waals surface area contributed by atoms with E-state index in [-0.39, 0.29) is 23.9 Å². The molecule has 8 nitrogen and oxygen atoms in total. The van der Waals surface area contributed by atoms with E-state index in [9.17, 15) is 14.7 Å². The summed E-state index contributed by atoms with van der Waals surface area (Å²) in [6.45, 7) is 12.0. The maximum Gasteiger partial charge on any atom is 0.326 e. The minimum Gasteiger partial charge on any atom is -0.480 e. The van der Waals surface area contributed by atoms with Crippen LogP contribution in [-0.4, -0.2) is 48.1 Å². The summed E-state index contributed by atoms with van der Waals surface area (Å²) in [5.41, 5.74) is 3.43. The van der Waals surface area contributed by atoms with Crippen molar-refractivity contribution in [2.45, 2.75) is 78.9 Å². The van der Waals surface area contributed by atoms with E-state index in [0.717, 1.165) is 35.1 Å². The topological polar surface area (TPSA) is 101 Å². The van der Waals surface area contributed by atoms with Gasteiger partial charge in [-0.3, -0.25) is 4.79 Å². The fourth-order valence-corrected chi connectivity index (χ4v) is 4.11. The summed E-state index contributed by atoms with van der Waals surface area (Å²) in [7, 11) is 0. The standard InChI is InChI=1S/C28H37N5O3/c1-7-8-13-24(34)32(25(19(2)3)27(35)36)18-20-14-16-21(17-15-20)22-11-9-10-12-23(22)26-29-31-33(30-26)28(4,5)6/h9-12,14-17,19,25H,7-8,13,18H2,1-6H3,(H,35,36). The lowest BCUT2D eigenvalue weighted by molar-refractivity contribution is -0.153. The lowest BCUT2D eigenvalue weighted by atomic mass is 9.97. The van der Waals surface area contributed by atoms with Crippen LogP contribution in [0.4, 0.5) is 0 Å². The molecule has 0 bridgehead atoms. The number of carboxylic acid groups (broad SMARTS) is 1. The number of carboxylic acids is 1. The minimum atomic E-state index is -0.976. The molecule has 0 saturated carbocycles. The molecule has 0 saturated heterocycles. The Bertz CT molecular complexity index is 1180. The summed E-state index contributed by atoms with van der Waals surface area (Å²) in [5, 5.41) is 22.9. The van der Waals surface area contributed by atoms with Crippen LogP contribution in [0, 0.1) is 5.92 Å². The number of aliphatic carboxylic acids is 1. The van der Waals surface area contributed by atoms with Crippen molar-refractivity contribution in [2.24, 2.45) is 5.92 Å². The van der Waals surface area contributed by atoms with Gasteiger partial charge in [0.1, 0.15) is 6.04 Å². The highest BCUT2D eigenvalue weighted by atomic mass is 16.4. The Morgan fingerprint density at radius 1 is 1.03 bits per heavy atom. The SMILES string of the molecule is CCCCC(=O)N(Cc1ccc(-c2ccccc2-c2nnn(C(C)(C)C)n2)cc1)C(C(=O)O)C(C)C. The second kappa shape index (κ2) is 11.5. The van der Waals surface area contributed by atoms with Crippen molar-refractivity contribution in [2.75, 3.05) is 0 Å². The Kier molecular flexibility index (Phi) is 8.61. The molecular weight excluding hydrogens is 454 g/mol. The number of benzene rings is 2. The van der Waals surface area contributed by atoms with Crippen LogP contribution >= 0.6 is 0 Å². The predicted octanol–water partition coefficient (Wildman–Crippen LogP) is 5.39. The number of carbonyl (C=O) groups is 2. The summed E-state index contributed by atoms with van der Waals surface area (Å²) >= 11 is 0. The average molecular weight is 492 g/mol. The van der Waals surface area contributed by atoms with E-state index < -0.39 is 12.0 Å². The van der Waals surface area contributed by atoms with Crippen molar-refractivity contribution in [3.05, 3.63) is 54.1 Å². The molecule has 0 aliphatic rings.